The van der Waals surface area contributed by atoms with Gasteiger partial charge in [-0.15, -0.1) is 11.3 Å². The lowest BCUT2D eigenvalue weighted by molar-refractivity contribution is 0.0996. The number of thiophene rings is 1. The van der Waals surface area contributed by atoms with Crippen molar-refractivity contribution in [2.45, 2.75) is 13.3 Å². The molecule has 4 heteroatoms. The maximum absolute atomic E-state index is 12.1. The molecule has 0 saturated heterocycles. The summed E-state index contributed by atoms with van der Waals surface area (Å²) in [5.41, 5.74) is 2.07. The Kier molecular flexibility index (Phi) is 4.19. The molecule has 18 heavy (non-hydrogen) atoms. The molecule has 94 valence electrons. The molecule has 0 amide bonds. The highest BCUT2D eigenvalue weighted by molar-refractivity contribution is 9.10. The van der Waals surface area contributed by atoms with Crippen molar-refractivity contribution in [1.29, 1.82) is 0 Å². The maximum atomic E-state index is 12.1. The molecule has 0 aliphatic heterocycles. The van der Waals surface area contributed by atoms with Gasteiger partial charge in [0.05, 0.1) is 12.0 Å². The van der Waals surface area contributed by atoms with E-state index in [9.17, 15) is 4.79 Å². The average molecular weight is 325 g/mol. The number of hydrogen-bond donors (Lipinski definition) is 0. The first-order valence-corrected chi connectivity index (χ1v) is 7.18. The van der Waals surface area contributed by atoms with Crippen molar-refractivity contribution in [1.82, 2.24) is 0 Å². The van der Waals surface area contributed by atoms with Crippen LogP contribution in [0.5, 0.6) is 5.75 Å². The van der Waals surface area contributed by atoms with Crippen molar-refractivity contribution in [3.05, 3.63) is 50.1 Å². The van der Waals surface area contributed by atoms with Crippen LogP contribution in [0.15, 0.2) is 34.1 Å². The number of carbonyl (C=O) groups excluding carboxylic acids is 1. The Balaban J connectivity index is 2.23. The summed E-state index contributed by atoms with van der Waals surface area (Å²) in [6.45, 7) is 2.01. The molecule has 2 aromatic rings. The SMILES string of the molecule is COc1ccc(C)cc1CC(=O)c1cc(Br)cs1. The quantitative estimate of drug-likeness (QED) is 0.786. The number of rotatable bonds is 4. The molecule has 0 atom stereocenters. The van der Waals surface area contributed by atoms with Gasteiger partial charge in [0.25, 0.3) is 0 Å². The minimum absolute atomic E-state index is 0.120. The summed E-state index contributed by atoms with van der Waals surface area (Å²) >= 11 is 4.82. The van der Waals surface area contributed by atoms with Gasteiger partial charge in [-0.05, 0) is 35.0 Å². The highest BCUT2D eigenvalue weighted by atomic mass is 79.9. The number of halogens is 1. The van der Waals surface area contributed by atoms with Crippen LogP contribution in [0.4, 0.5) is 0 Å². The number of carbonyl (C=O) groups is 1. The van der Waals surface area contributed by atoms with Crippen LogP contribution < -0.4 is 4.74 Å². The van der Waals surface area contributed by atoms with Gasteiger partial charge in [-0.2, -0.15) is 0 Å². The first kappa shape index (κ1) is 13.3. The maximum Gasteiger partial charge on any atom is 0.177 e. The minimum Gasteiger partial charge on any atom is -0.496 e. The van der Waals surface area contributed by atoms with Crippen LogP contribution in [-0.2, 0) is 6.42 Å². The van der Waals surface area contributed by atoms with Crippen molar-refractivity contribution in [3.8, 4) is 5.75 Å². The number of ketones is 1. The zero-order chi connectivity index (χ0) is 13.1. The van der Waals surface area contributed by atoms with E-state index in [0.29, 0.717) is 6.42 Å². The fourth-order valence-electron chi connectivity index (χ4n) is 1.76. The standard InChI is InChI=1S/C14H13BrO2S/c1-9-3-4-13(17-2)10(5-9)6-12(16)14-7-11(15)8-18-14/h3-5,7-8H,6H2,1-2H3. The van der Waals surface area contributed by atoms with E-state index >= 15 is 0 Å². The second-order valence-corrected chi connectivity index (χ2v) is 5.87. The van der Waals surface area contributed by atoms with Crippen molar-refractivity contribution >= 4 is 33.0 Å². The smallest absolute Gasteiger partial charge is 0.177 e. The van der Waals surface area contributed by atoms with Crippen LogP contribution in [0.1, 0.15) is 20.8 Å². The topological polar surface area (TPSA) is 26.3 Å². The van der Waals surface area contributed by atoms with Crippen molar-refractivity contribution < 1.29 is 9.53 Å². The number of ether oxygens (including phenoxy) is 1. The first-order valence-electron chi connectivity index (χ1n) is 5.51. The first-order chi connectivity index (χ1) is 8.60. The van der Waals surface area contributed by atoms with E-state index < -0.39 is 0 Å². The molecule has 1 aromatic heterocycles. The van der Waals surface area contributed by atoms with Crippen LogP contribution in [0.3, 0.4) is 0 Å². The predicted octanol–water partition coefficient (Wildman–Crippen LogP) is 4.25. The van der Waals surface area contributed by atoms with Gasteiger partial charge in [0, 0.05) is 21.8 Å². The molecule has 0 unspecified atom stereocenters. The molecule has 0 saturated carbocycles. The Morgan fingerprint density at radius 2 is 2.17 bits per heavy atom. The molecule has 0 spiro atoms. The van der Waals surface area contributed by atoms with Gasteiger partial charge in [-0.3, -0.25) is 4.79 Å². The molecule has 2 nitrogen and oxygen atoms in total. The van der Waals surface area contributed by atoms with E-state index in [4.69, 9.17) is 4.74 Å². The van der Waals surface area contributed by atoms with Gasteiger partial charge in [-0.1, -0.05) is 17.7 Å². The van der Waals surface area contributed by atoms with Gasteiger partial charge in [-0.25, -0.2) is 0 Å². The number of methoxy groups -OCH3 is 1. The van der Waals surface area contributed by atoms with Crippen molar-refractivity contribution in [3.63, 3.8) is 0 Å². The summed E-state index contributed by atoms with van der Waals surface area (Å²) in [7, 11) is 1.63. The Bertz CT molecular complexity index is 575. The van der Waals surface area contributed by atoms with Gasteiger partial charge in [0.2, 0.25) is 0 Å². The zero-order valence-electron chi connectivity index (χ0n) is 10.2. The third kappa shape index (κ3) is 3.00. The minimum atomic E-state index is 0.120. The molecule has 0 aliphatic rings. The van der Waals surface area contributed by atoms with Crippen LogP contribution in [0.2, 0.25) is 0 Å². The molecular weight excluding hydrogens is 312 g/mol. The summed E-state index contributed by atoms with van der Waals surface area (Å²) in [6.07, 6.45) is 0.373. The van der Waals surface area contributed by atoms with Gasteiger partial charge < -0.3 is 4.74 Å². The molecule has 1 heterocycles. The lowest BCUT2D eigenvalue weighted by Gasteiger charge is -2.08. The van der Waals surface area contributed by atoms with Crippen molar-refractivity contribution in [2.75, 3.05) is 7.11 Å². The number of benzene rings is 1. The van der Waals surface area contributed by atoms with Gasteiger partial charge in [0.15, 0.2) is 5.78 Å². The molecular formula is C14H13BrO2S. The van der Waals surface area contributed by atoms with Crippen LogP contribution in [-0.4, -0.2) is 12.9 Å². The molecule has 0 fully saturated rings. The molecule has 1 aromatic carbocycles. The van der Waals surface area contributed by atoms with E-state index in [-0.39, 0.29) is 5.78 Å². The fraction of sp³-hybridized carbons (Fsp3) is 0.214. The van der Waals surface area contributed by atoms with E-state index in [1.165, 1.54) is 11.3 Å². The lowest BCUT2D eigenvalue weighted by Crippen LogP contribution is -2.03. The van der Waals surface area contributed by atoms with Crippen LogP contribution >= 0.6 is 27.3 Å². The van der Waals surface area contributed by atoms with Crippen molar-refractivity contribution in [2.24, 2.45) is 0 Å². The summed E-state index contributed by atoms with van der Waals surface area (Å²) in [5.74, 6) is 0.888. The average Bonchev–Trinajstić information content (AvgIpc) is 2.76. The summed E-state index contributed by atoms with van der Waals surface area (Å²) in [6, 6.07) is 7.74. The summed E-state index contributed by atoms with van der Waals surface area (Å²) in [5, 5.41) is 1.92. The van der Waals surface area contributed by atoms with E-state index in [1.54, 1.807) is 7.11 Å². The third-order valence-electron chi connectivity index (χ3n) is 2.63. The molecule has 0 aliphatic carbocycles. The molecule has 0 radical (unpaired) electrons. The Morgan fingerprint density at radius 1 is 1.39 bits per heavy atom. The summed E-state index contributed by atoms with van der Waals surface area (Å²) in [4.78, 5) is 12.9. The molecule has 0 N–H and O–H groups in total. The van der Waals surface area contributed by atoms with E-state index in [0.717, 1.165) is 26.2 Å². The summed E-state index contributed by atoms with van der Waals surface area (Å²) < 4.78 is 6.24. The third-order valence-corrected chi connectivity index (χ3v) is 4.36. The Morgan fingerprint density at radius 3 is 2.78 bits per heavy atom. The predicted molar refractivity (Wildman–Crippen MR) is 77.8 cm³/mol. The van der Waals surface area contributed by atoms with Crippen LogP contribution in [0.25, 0.3) is 0 Å². The number of hydrogen-bond acceptors (Lipinski definition) is 3. The van der Waals surface area contributed by atoms with Gasteiger partial charge >= 0.3 is 0 Å². The fourth-order valence-corrected chi connectivity index (χ4v) is 3.13. The highest BCUT2D eigenvalue weighted by Crippen LogP contribution is 2.25. The monoisotopic (exact) mass is 324 g/mol. The second-order valence-electron chi connectivity index (χ2n) is 4.04. The number of aryl methyl sites for hydroxylation is 1. The highest BCUT2D eigenvalue weighted by Gasteiger charge is 2.12. The second kappa shape index (κ2) is 5.67. The number of Topliss-reactive ketones (excluding diaryl/α,β-unsaturated/α-hetero) is 1. The van der Waals surface area contributed by atoms with E-state index in [1.807, 2.05) is 36.6 Å². The normalized spacial score (nSPS) is 10.4. The molecule has 2 rings (SSSR count). The van der Waals surface area contributed by atoms with Gasteiger partial charge in [0.1, 0.15) is 5.75 Å². The largest absolute Gasteiger partial charge is 0.496 e. The zero-order valence-corrected chi connectivity index (χ0v) is 12.6. The lowest BCUT2D eigenvalue weighted by atomic mass is 10.0. The Labute approximate surface area is 119 Å². The Hall–Kier alpha value is -1.13. The van der Waals surface area contributed by atoms with E-state index in [2.05, 4.69) is 15.9 Å². The molecule has 0 bridgehead atoms. The van der Waals surface area contributed by atoms with Crippen LogP contribution in [0, 0.1) is 6.92 Å².